The number of ether oxygens (including phenoxy) is 1. The van der Waals surface area contributed by atoms with Crippen molar-refractivity contribution in [1.82, 2.24) is 5.32 Å². The lowest BCUT2D eigenvalue weighted by atomic mass is 9.93. The van der Waals surface area contributed by atoms with E-state index in [2.05, 4.69) is 10.1 Å². The van der Waals surface area contributed by atoms with E-state index in [9.17, 15) is 18.3 Å². The number of rotatable bonds is 7. The normalized spacial score (nSPS) is 15.2. The molecule has 0 saturated heterocycles. The molecule has 0 aromatic heterocycles. The van der Waals surface area contributed by atoms with Gasteiger partial charge in [-0.15, -0.1) is 0 Å². The Hall–Kier alpha value is -1.11. The molecule has 108 valence electrons. The standard InChI is InChI=1S/C13H18F3NO2/c1-12(9-18,11-5-3-2-4-6-11)17-7-8-19-10-13(14,15)16/h2-6,17-18H,7-10H2,1H3. The van der Waals surface area contributed by atoms with Crippen LogP contribution in [0.3, 0.4) is 0 Å². The van der Waals surface area contributed by atoms with Crippen molar-refractivity contribution in [2.75, 3.05) is 26.4 Å². The molecule has 1 rings (SSSR count). The summed E-state index contributed by atoms with van der Waals surface area (Å²) in [7, 11) is 0. The summed E-state index contributed by atoms with van der Waals surface area (Å²) < 4.78 is 40.1. The van der Waals surface area contributed by atoms with Gasteiger partial charge in [-0.05, 0) is 12.5 Å². The van der Waals surface area contributed by atoms with Crippen LogP contribution in [-0.2, 0) is 10.3 Å². The van der Waals surface area contributed by atoms with E-state index in [4.69, 9.17) is 0 Å². The molecule has 1 atom stereocenters. The van der Waals surface area contributed by atoms with Gasteiger partial charge in [-0.3, -0.25) is 0 Å². The van der Waals surface area contributed by atoms with Gasteiger partial charge in [0.25, 0.3) is 0 Å². The highest BCUT2D eigenvalue weighted by Gasteiger charge is 2.28. The van der Waals surface area contributed by atoms with E-state index in [1.807, 2.05) is 30.3 Å². The fourth-order valence-electron chi connectivity index (χ4n) is 1.64. The van der Waals surface area contributed by atoms with E-state index in [0.717, 1.165) is 5.56 Å². The largest absolute Gasteiger partial charge is 0.411 e. The molecular formula is C13H18F3NO2. The van der Waals surface area contributed by atoms with Crippen LogP contribution in [0.15, 0.2) is 30.3 Å². The molecule has 0 aliphatic carbocycles. The third-order valence-electron chi connectivity index (χ3n) is 2.75. The maximum atomic E-state index is 11.9. The lowest BCUT2D eigenvalue weighted by molar-refractivity contribution is -0.173. The molecule has 0 bridgehead atoms. The van der Waals surface area contributed by atoms with Gasteiger partial charge in [-0.25, -0.2) is 0 Å². The van der Waals surface area contributed by atoms with Crippen LogP contribution in [0.2, 0.25) is 0 Å². The van der Waals surface area contributed by atoms with E-state index in [-0.39, 0.29) is 19.8 Å². The first kappa shape index (κ1) is 15.9. The summed E-state index contributed by atoms with van der Waals surface area (Å²) in [5, 5.41) is 12.4. The number of hydrogen-bond acceptors (Lipinski definition) is 3. The molecule has 19 heavy (non-hydrogen) atoms. The summed E-state index contributed by atoms with van der Waals surface area (Å²) in [4.78, 5) is 0. The lowest BCUT2D eigenvalue weighted by Gasteiger charge is -2.29. The van der Waals surface area contributed by atoms with Crippen LogP contribution in [0, 0.1) is 0 Å². The molecule has 0 amide bonds. The Kier molecular flexibility index (Phi) is 5.78. The molecule has 0 aliphatic heterocycles. The summed E-state index contributed by atoms with van der Waals surface area (Å²) in [6, 6.07) is 9.23. The molecule has 6 heteroatoms. The Morgan fingerprint density at radius 2 is 1.84 bits per heavy atom. The summed E-state index contributed by atoms with van der Waals surface area (Å²) in [6.45, 7) is 0.530. The van der Waals surface area contributed by atoms with Crippen LogP contribution >= 0.6 is 0 Å². The van der Waals surface area contributed by atoms with Gasteiger partial charge in [-0.2, -0.15) is 13.2 Å². The van der Waals surface area contributed by atoms with E-state index in [0.29, 0.717) is 0 Å². The molecule has 0 radical (unpaired) electrons. The fourth-order valence-corrected chi connectivity index (χ4v) is 1.64. The van der Waals surface area contributed by atoms with Crippen molar-refractivity contribution >= 4 is 0 Å². The number of aliphatic hydroxyl groups is 1. The van der Waals surface area contributed by atoms with Crippen LogP contribution in [0.1, 0.15) is 12.5 Å². The average molecular weight is 277 g/mol. The molecule has 2 N–H and O–H groups in total. The number of halogens is 3. The minimum Gasteiger partial charge on any atom is -0.394 e. The Morgan fingerprint density at radius 1 is 1.21 bits per heavy atom. The first-order chi connectivity index (χ1) is 8.87. The van der Waals surface area contributed by atoms with Gasteiger partial charge in [0, 0.05) is 6.54 Å². The third kappa shape index (κ3) is 5.59. The first-order valence-electron chi connectivity index (χ1n) is 5.93. The highest BCUT2D eigenvalue weighted by Crippen LogP contribution is 2.19. The van der Waals surface area contributed by atoms with Gasteiger partial charge < -0.3 is 15.2 Å². The quantitative estimate of drug-likeness (QED) is 0.750. The minimum atomic E-state index is -4.31. The van der Waals surface area contributed by atoms with Crippen molar-refractivity contribution < 1.29 is 23.0 Å². The van der Waals surface area contributed by atoms with Crippen molar-refractivity contribution in [1.29, 1.82) is 0 Å². The molecule has 1 aromatic carbocycles. The zero-order chi connectivity index (χ0) is 14.4. The van der Waals surface area contributed by atoms with E-state index < -0.39 is 18.3 Å². The van der Waals surface area contributed by atoms with Crippen LogP contribution < -0.4 is 5.32 Å². The van der Waals surface area contributed by atoms with Crippen LogP contribution in [0.4, 0.5) is 13.2 Å². The van der Waals surface area contributed by atoms with Crippen molar-refractivity contribution in [2.45, 2.75) is 18.6 Å². The zero-order valence-corrected chi connectivity index (χ0v) is 10.7. The van der Waals surface area contributed by atoms with Gasteiger partial charge in [0.05, 0.1) is 18.8 Å². The zero-order valence-electron chi connectivity index (χ0n) is 10.7. The second-order valence-electron chi connectivity index (χ2n) is 4.45. The van der Waals surface area contributed by atoms with Crippen LogP contribution in [-0.4, -0.2) is 37.6 Å². The number of alkyl halides is 3. The Labute approximate surface area is 110 Å². The summed E-state index contributed by atoms with van der Waals surface area (Å²) >= 11 is 0. The second kappa shape index (κ2) is 6.88. The Morgan fingerprint density at radius 3 is 2.37 bits per heavy atom. The molecule has 1 unspecified atom stereocenters. The first-order valence-corrected chi connectivity index (χ1v) is 5.93. The van der Waals surface area contributed by atoms with Crippen molar-refractivity contribution in [3.8, 4) is 0 Å². The second-order valence-corrected chi connectivity index (χ2v) is 4.45. The molecular weight excluding hydrogens is 259 g/mol. The third-order valence-corrected chi connectivity index (χ3v) is 2.75. The summed E-state index contributed by atoms with van der Waals surface area (Å²) in [5.74, 6) is 0. The van der Waals surface area contributed by atoms with Gasteiger partial charge in [0.2, 0.25) is 0 Å². The van der Waals surface area contributed by atoms with Gasteiger partial charge in [0.15, 0.2) is 0 Å². The Bertz CT molecular complexity index is 370. The highest BCUT2D eigenvalue weighted by atomic mass is 19.4. The smallest absolute Gasteiger partial charge is 0.394 e. The lowest BCUT2D eigenvalue weighted by Crippen LogP contribution is -2.44. The fraction of sp³-hybridized carbons (Fsp3) is 0.538. The molecule has 0 fully saturated rings. The van der Waals surface area contributed by atoms with Gasteiger partial charge in [0.1, 0.15) is 6.61 Å². The predicted molar refractivity (Wildman–Crippen MR) is 65.8 cm³/mol. The number of aliphatic hydroxyl groups excluding tert-OH is 1. The van der Waals surface area contributed by atoms with Gasteiger partial charge >= 0.3 is 6.18 Å². The monoisotopic (exact) mass is 277 g/mol. The molecule has 0 aliphatic rings. The maximum absolute atomic E-state index is 11.9. The molecule has 3 nitrogen and oxygen atoms in total. The number of nitrogens with one attached hydrogen (secondary N) is 1. The van der Waals surface area contributed by atoms with E-state index in [1.165, 1.54) is 0 Å². The van der Waals surface area contributed by atoms with E-state index in [1.54, 1.807) is 6.92 Å². The highest BCUT2D eigenvalue weighted by molar-refractivity contribution is 5.23. The molecule has 1 aromatic rings. The predicted octanol–water partition coefficient (Wildman–Crippen LogP) is 2.06. The van der Waals surface area contributed by atoms with Gasteiger partial charge in [-0.1, -0.05) is 30.3 Å². The number of hydrogen-bond donors (Lipinski definition) is 2. The topological polar surface area (TPSA) is 41.5 Å². The van der Waals surface area contributed by atoms with Crippen molar-refractivity contribution in [3.63, 3.8) is 0 Å². The molecule has 0 spiro atoms. The summed E-state index contributed by atoms with van der Waals surface area (Å²) in [5.41, 5.74) is 0.177. The molecule has 0 saturated carbocycles. The molecule has 0 heterocycles. The minimum absolute atomic E-state index is 0.0675. The van der Waals surface area contributed by atoms with Crippen molar-refractivity contribution in [3.05, 3.63) is 35.9 Å². The van der Waals surface area contributed by atoms with Crippen LogP contribution in [0.5, 0.6) is 0 Å². The Balaban J connectivity index is 2.41. The maximum Gasteiger partial charge on any atom is 0.411 e. The summed E-state index contributed by atoms with van der Waals surface area (Å²) in [6.07, 6.45) is -4.31. The number of benzene rings is 1. The van der Waals surface area contributed by atoms with Crippen molar-refractivity contribution in [2.24, 2.45) is 0 Å². The average Bonchev–Trinajstić information content (AvgIpc) is 2.38. The SMILES string of the molecule is CC(CO)(NCCOCC(F)(F)F)c1ccccc1. The van der Waals surface area contributed by atoms with E-state index >= 15 is 0 Å². The van der Waals surface area contributed by atoms with Crippen LogP contribution in [0.25, 0.3) is 0 Å².